The van der Waals surface area contributed by atoms with Gasteiger partial charge in [0, 0.05) is 17.6 Å². The SMILES string of the molecule is CNCCOc1ccc(Cl)cc1OC. The molecule has 0 aliphatic heterocycles. The van der Waals surface area contributed by atoms with Gasteiger partial charge in [-0.25, -0.2) is 0 Å². The van der Waals surface area contributed by atoms with Gasteiger partial charge >= 0.3 is 0 Å². The van der Waals surface area contributed by atoms with E-state index in [0.717, 1.165) is 6.54 Å². The zero-order chi connectivity index (χ0) is 10.4. The summed E-state index contributed by atoms with van der Waals surface area (Å²) in [5.74, 6) is 1.38. The Hall–Kier alpha value is -0.930. The van der Waals surface area contributed by atoms with Crippen LogP contribution in [0.15, 0.2) is 18.2 Å². The Bertz CT molecular complexity index is 291. The second-order valence-electron chi connectivity index (χ2n) is 2.75. The molecule has 1 N–H and O–H groups in total. The maximum absolute atomic E-state index is 5.81. The van der Waals surface area contributed by atoms with Crippen LogP contribution in [0.2, 0.25) is 5.02 Å². The van der Waals surface area contributed by atoms with Gasteiger partial charge in [-0.2, -0.15) is 0 Å². The van der Waals surface area contributed by atoms with Gasteiger partial charge in [0.15, 0.2) is 11.5 Å². The predicted molar refractivity (Wildman–Crippen MR) is 57.4 cm³/mol. The van der Waals surface area contributed by atoms with E-state index in [1.54, 1.807) is 25.3 Å². The van der Waals surface area contributed by atoms with Gasteiger partial charge in [-0.1, -0.05) is 11.6 Å². The minimum atomic E-state index is 0.606. The summed E-state index contributed by atoms with van der Waals surface area (Å²) < 4.78 is 10.6. The van der Waals surface area contributed by atoms with Crippen molar-refractivity contribution in [3.8, 4) is 11.5 Å². The first-order valence-electron chi connectivity index (χ1n) is 4.39. The van der Waals surface area contributed by atoms with E-state index in [2.05, 4.69) is 5.32 Å². The minimum absolute atomic E-state index is 0.606. The average molecular weight is 216 g/mol. The van der Waals surface area contributed by atoms with E-state index in [4.69, 9.17) is 21.1 Å². The van der Waals surface area contributed by atoms with Gasteiger partial charge in [0.1, 0.15) is 6.61 Å². The zero-order valence-corrected chi connectivity index (χ0v) is 9.10. The molecule has 0 aliphatic rings. The third-order valence-corrected chi connectivity index (χ3v) is 1.97. The molecule has 0 spiro atoms. The van der Waals surface area contributed by atoms with Gasteiger partial charge in [0.2, 0.25) is 0 Å². The van der Waals surface area contributed by atoms with Crippen molar-refractivity contribution < 1.29 is 9.47 Å². The topological polar surface area (TPSA) is 30.5 Å². The molecule has 0 bridgehead atoms. The first kappa shape index (κ1) is 11.1. The van der Waals surface area contributed by atoms with Crippen LogP contribution in [-0.2, 0) is 0 Å². The first-order valence-corrected chi connectivity index (χ1v) is 4.76. The number of hydrogen-bond donors (Lipinski definition) is 1. The van der Waals surface area contributed by atoms with Crippen molar-refractivity contribution in [2.45, 2.75) is 0 Å². The van der Waals surface area contributed by atoms with Crippen molar-refractivity contribution in [3.05, 3.63) is 23.2 Å². The molecule has 0 heterocycles. The van der Waals surface area contributed by atoms with Gasteiger partial charge in [-0.3, -0.25) is 0 Å². The number of methoxy groups -OCH3 is 1. The molecule has 0 fully saturated rings. The Balaban J connectivity index is 2.65. The van der Waals surface area contributed by atoms with E-state index in [0.29, 0.717) is 23.1 Å². The molecular weight excluding hydrogens is 202 g/mol. The van der Waals surface area contributed by atoms with Crippen LogP contribution in [-0.4, -0.2) is 27.3 Å². The molecule has 4 heteroatoms. The van der Waals surface area contributed by atoms with Gasteiger partial charge in [-0.05, 0) is 19.2 Å². The predicted octanol–water partition coefficient (Wildman–Crippen LogP) is 1.95. The lowest BCUT2D eigenvalue weighted by Gasteiger charge is -2.10. The molecule has 3 nitrogen and oxygen atoms in total. The Morgan fingerprint density at radius 1 is 1.36 bits per heavy atom. The Kier molecular flexibility index (Phi) is 4.56. The molecular formula is C10H14ClNO2. The highest BCUT2D eigenvalue weighted by Gasteiger charge is 2.03. The van der Waals surface area contributed by atoms with Crippen molar-refractivity contribution in [1.82, 2.24) is 5.32 Å². The molecule has 78 valence electrons. The Morgan fingerprint density at radius 3 is 2.79 bits per heavy atom. The number of rotatable bonds is 5. The van der Waals surface area contributed by atoms with Gasteiger partial charge in [0.25, 0.3) is 0 Å². The maximum Gasteiger partial charge on any atom is 0.162 e. The quantitative estimate of drug-likeness (QED) is 0.762. The highest BCUT2D eigenvalue weighted by molar-refractivity contribution is 6.30. The number of ether oxygens (including phenoxy) is 2. The van der Waals surface area contributed by atoms with Crippen LogP contribution in [0.3, 0.4) is 0 Å². The summed E-state index contributed by atoms with van der Waals surface area (Å²) in [6.45, 7) is 1.40. The number of benzene rings is 1. The standard InChI is InChI=1S/C10H14ClNO2/c1-12-5-6-14-9-4-3-8(11)7-10(9)13-2/h3-4,7,12H,5-6H2,1-2H3. The second kappa shape index (κ2) is 5.73. The normalized spacial score (nSPS) is 9.93. The summed E-state index contributed by atoms with van der Waals surface area (Å²) in [5.41, 5.74) is 0. The number of likely N-dealkylation sites (N-methyl/N-ethyl adjacent to an activating group) is 1. The van der Waals surface area contributed by atoms with Gasteiger partial charge in [0.05, 0.1) is 7.11 Å². The molecule has 0 atom stereocenters. The van der Waals surface area contributed by atoms with E-state index in [-0.39, 0.29) is 0 Å². The lowest BCUT2D eigenvalue weighted by Crippen LogP contribution is -2.16. The maximum atomic E-state index is 5.81. The molecule has 0 saturated heterocycles. The second-order valence-corrected chi connectivity index (χ2v) is 3.18. The van der Waals surface area contributed by atoms with E-state index in [1.165, 1.54) is 0 Å². The van der Waals surface area contributed by atoms with Crippen LogP contribution >= 0.6 is 11.6 Å². The largest absolute Gasteiger partial charge is 0.493 e. The summed E-state index contributed by atoms with van der Waals surface area (Å²) >= 11 is 5.81. The summed E-state index contributed by atoms with van der Waals surface area (Å²) in [6, 6.07) is 5.31. The third kappa shape index (κ3) is 3.09. The summed E-state index contributed by atoms with van der Waals surface area (Å²) in [4.78, 5) is 0. The highest BCUT2D eigenvalue weighted by Crippen LogP contribution is 2.29. The van der Waals surface area contributed by atoms with Crippen molar-refractivity contribution in [1.29, 1.82) is 0 Å². The molecule has 1 aromatic carbocycles. The summed E-state index contributed by atoms with van der Waals surface area (Å²) in [5, 5.41) is 3.64. The summed E-state index contributed by atoms with van der Waals surface area (Å²) in [7, 11) is 3.47. The molecule has 1 aromatic rings. The monoisotopic (exact) mass is 215 g/mol. The van der Waals surface area contributed by atoms with Gasteiger partial charge < -0.3 is 14.8 Å². The number of halogens is 1. The lowest BCUT2D eigenvalue weighted by molar-refractivity contribution is 0.295. The van der Waals surface area contributed by atoms with E-state index in [1.807, 2.05) is 7.05 Å². The molecule has 0 aliphatic carbocycles. The zero-order valence-electron chi connectivity index (χ0n) is 8.34. The fourth-order valence-electron chi connectivity index (χ4n) is 1.02. The first-order chi connectivity index (χ1) is 6.77. The number of hydrogen-bond acceptors (Lipinski definition) is 3. The van der Waals surface area contributed by atoms with Crippen LogP contribution < -0.4 is 14.8 Å². The Morgan fingerprint density at radius 2 is 2.14 bits per heavy atom. The summed E-state index contributed by atoms with van der Waals surface area (Å²) in [6.07, 6.45) is 0. The fraction of sp³-hybridized carbons (Fsp3) is 0.400. The smallest absolute Gasteiger partial charge is 0.162 e. The fourth-order valence-corrected chi connectivity index (χ4v) is 1.19. The van der Waals surface area contributed by atoms with E-state index in [9.17, 15) is 0 Å². The molecule has 14 heavy (non-hydrogen) atoms. The van der Waals surface area contributed by atoms with Crippen LogP contribution in [0.5, 0.6) is 11.5 Å². The Labute approximate surface area is 89.0 Å². The van der Waals surface area contributed by atoms with Crippen LogP contribution in [0.4, 0.5) is 0 Å². The van der Waals surface area contributed by atoms with Crippen molar-refractivity contribution in [2.75, 3.05) is 27.3 Å². The van der Waals surface area contributed by atoms with E-state index < -0.39 is 0 Å². The third-order valence-electron chi connectivity index (χ3n) is 1.74. The van der Waals surface area contributed by atoms with Crippen LogP contribution in [0.25, 0.3) is 0 Å². The molecule has 0 aromatic heterocycles. The van der Waals surface area contributed by atoms with Crippen molar-refractivity contribution >= 4 is 11.6 Å². The lowest BCUT2D eigenvalue weighted by atomic mass is 10.3. The van der Waals surface area contributed by atoms with Crippen molar-refractivity contribution in [2.24, 2.45) is 0 Å². The van der Waals surface area contributed by atoms with Crippen LogP contribution in [0, 0.1) is 0 Å². The molecule has 0 unspecified atom stereocenters. The average Bonchev–Trinajstić information content (AvgIpc) is 2.20. The minimum Gasteiger partial charge on any atom is -0.493 e. The number of nitrogens with one attached hydrogen (secondary N) is 1. The molecule has 1 rings (SSSR count). The van der Waals surface area contributed by atoms with Crippen LogP contribution in [0.1, 0.15) is 0 Å². The van der Waals surface area contributed by atoms with Crippen molar-refractivity contribution in [3.63, 3.8) is 0 Å². The van der Waals surface area contributed by atoms with E-state index >= 15 is 0 Å². The molecule has 0 amide bonds. The molecule has 0 radical (unpaired) electrons. The van der Waals surface area contributed by atoms with Gasteiger partial charge in [-0.15, -0.1) is 0 Å². The molecule has 0 saturated carbocycles. The highest BCUT2D eigenvalue weighted by atomic mass is 35.5.